The van der Waals surface area contributed by atoms with Crippen LogP contribution in [0.5, 0.6) is 0 Å². The minimum Gasteiger partial charge on any atom is -0.461 e. The number of nitrogens with one attached hydrogen (secondary N) is 1. The Kier molecular flexibility index (Phi) is 2.43. The first-order chi connectivity index (χ1) is 7.63. The van der Waals surface area contributed by atoms with Crippen molar-refractivity contribution in [3.63, 3.8) is 0 Å². The van der Waals surface area contributed by atoms with Crippen molar-refractivity contribution < 1.29 is 9.53 Å². The molecule has 84 valence electrons. The van der Waals surface area contributed by atoms with E-state index in [0.29, 0.717) is 5.82 Å². The number of carbonyl (C=O) groups is 1. The Bertz CT molecular complexity index is 598. The van der Waals surface area contributed by atoms with Gasteiger partial charge in [-0.05, 0) is 13.8 Å². The van der Waals surface area contributed by atoms with Crippen LogP contribution < -0.4 is 5.56 Å². The summed E-state index contributed by atoms with van der Waals surface area (Å²) in [6.07, 6.45) is 0. The van der Waals surface area contributed by atoms with E-state index < -0.39 is 5.97 Å². The van der Waals surface area contributed by atoms with Gasteiger partial charge in [-0.15, -0.1) is 0 Å². The predicted molar refractivity (Wildman–Crippen MR) is 54.3 cm³/mol. The third kappa shape index (κ3) is 1.56. The quantitative estimate of drug-likeness (QED) is 0.717. The van der Waals surface area contributed by atoms with E-state index >= 15 is 0 Å². The van der Waals surface area contributed by atoms with E-state index in [1.54, 1.807) is 13.8 Å². The highest BCUT2D eigenvalue weighted by molar-refractivity contribution is 5.87. The molecule has 0 unspecified atom stereocenters. The Morgan fingerprint density at radius 3 is 3.06 bits per heavy atom. The molecule has 1 N–H and O–H groups in total. The zero-order valence-electron chi connectivity index (χ0n) is 8.85. The third-order valence-corrected chi connectivity index (χ3v) is 2.04. The second kappa shape index (κ2) is 3.76. The van der Waals surface area contributed by atoms with Gasteiger partial charge in [-0.1, -0.05) is 0 Å². The van der Waals surface area contributed by atoms with Gasteiger partial charge in [0.05, 0.1) is 6.61 Å². The van der Waals surface area contributed by atoms with Crippen molar-refractivity contribution >= 4 is 11.7 Å². The smallest absolute Gasteiger partial charge is 0.357 e. The number of fused-ring (bicyclic) bond motifs is 1. The molecule has 0 spiro atoms. The summed E-state index contributed by atoms with van der Waals surface area (Å²) < 4.78 is 6.04. The largest absolute Gasteiger partial charge is 0.461 e. The van der Waals surface area contributed by atoms with Crippen molar-refractivity contribution in [1.29, 1.82) is 0 Å². The van der Waals surface area contributed by atoms with Gasteiger partial charge in [0.25, 0.3) is 5.56 Å². The van der Waals surface area contributed by atoms with Gasteiger partial charge in [-0.2, -0.15) is 5.10 Å². The molecule has 7 heteroatoms. The molecule has 2 rings (SSSR count). The van der Waals surface area contributed by atoms with Crippen molar-refractivity contribution in [2.24, 2.45) is 0 Å². The number of carbonyl (C=O) groups excluding carboxylic acids is 1. The molecule has 0 amide bonds. The van der Waals surface area contributed by atoms with Crippen molar-refractivity contribution in [1.82, 2.24) is 19.6 Å². The monoisotopic (exact) mass is 222 g/mol. The van der Waals surface area contributed by atoms with E-state index in [9.17, 15) is 9.59 Å². The van der Waals surface area contributed by atoms with E-state index in [4.69, 9.17) is 4.74 Å². The van der Waals surface area contributed by atoms with Crippen LogP contribution in [0.3, 0.4) is 0 Å². The number of hydrogen-bond donors (Lipinski definition) is 1. The van der Waals surface area contributed by atoms with Crippen LogP contribution in [0.4, 0.5) is 0 Å². The predicted octanol–water partition coefficient (Wildman–Crippen LogP) is -0.0973. The maximum atomic E-state index is 11.6. The van der Waals surface area contributed by atoms with Crippen molar-refractivity contribution in [3.8, 4) is 0 Å². The molecular weight excluding hydrogens is 212 g/mol. The number of hydrogen-bond acceptors (Lipinski definition) is 5. The molecule has 2 aromatic heterocycles. The maximum Gasteiger partial charge on any atom is 0.357 e. The Morgan fingerprint density at radius 1 is 1.62 bits per heavy atom. The summed E-state index contributed by atoms with van der Waals surface area (Å²) in [6, 6.07) is 1.13. The fourth-order valence-electron chi connectivity index (χ4n) is 1.36. The van der Waals surface area contributed by atoms with Crippen LogP contribution in [0.1, 0.15) is 23.2 Å². The van der Waals surface area contributed by atoms with Crippen LogP contribution in [-0.4, -0.2) is 32.2 Å². The van der Waals surface area contributed by atoms with Crippen LogP contribution in [0.2, 0.25) is 0 Å². The van der Waals surface area contributed by atoms with Crippen LogP contribution in [0.15, 0.2) is 10.9 Å². The Morgan fingerprint density at radius 2 is 2.38 bits per heavy atom. The first kappa shape index (κ1) is 10.3. The van der Waals surface area contributed by atoms with Crippen LogP contribution in [0, 0.1) is 6.92 Å². The molecule has 0 aromatic carbocycles. The van der Waals surface area contributed by atoms with Gasteiger partial charge in [0.15, 0.2) is 5.69 Å². The van der Waals surface area contributed by atoms with Gasteiger partial charge in [-0.25, -0.2) is 19.3 Å². The lowest BCUT2D eigenvalue weighted by molar-refractivity contribution is 0.0519. The zero-order chi connectivity index (χ0) is 11.7. The summed E-state index contributed by atoms with van der Waals surface area (Å²) in [5.74, 6) is 0.102. The summed E-state index contributed by atoms with van der Waals surface area (Å²) in [5.41, 5.74) is -0.380. The average molecular weight is 222 g/mol. The van der Waals surface area contributed by atoms with E-state index in [0.717, 1.165) is 6.07 Å². The minimum atomic E-state index is -0.616. The number of esters is 1. The van der Waals surface area contributed by atoms with Gasteiger partial charge >= 0.3 is 5.97 Å². The van der Waals surface area contributed by atoms with Crippen LogP contribution in [0.25, 0.3) is 5.78 Å². The molecule has 0 atom stereocenters. The third-order valence-electron chi connectivity index (χ3n) is 2.04. The lowest BCUT2D eigenvalue weighted by Gasteiger charge is -2.00. The molecule has 0 bridgehead atoms. The van der Waals surface area contributed by atoms with E-state index in [-0.39, 0.29) is 23.6 Å². The molecule has 16 heavy (non-hydrogen) atoms. The summed E-state index contributed by atoms with van der Waals surface area (Å²) in [6.45, 7) is 3.59. The molecule has 0 fully saturated rings. The second-order valence-corrected chi connectivity index (χ2v) is 3.13. The number of nitrogens with zero attached hydrogens (tertiary/aromatic N) is 3. The van der Waals surface area contributed by atoms with Crippen LogP contribution >= 0.6 is 0 Å². The lowest BCUT2D eigenvalue weighted by atomic mass is 10.4. The van der Waals surface area contributed by atoms with Crippen molar-refractivity contribution in [2.75, 3.05) is 6.61 Å². The van der Waals surface area contributed by atoms with E-state index in [1.165, 1.54) is 4.40 Å². The Balaban J connectivity index is 2.59. The summed E-state index contributed by atoms with van der Waals surface area (Å²) in [5, 5.41) is 6.39. The number of aryl methyl sites for hydroxylation is 1. The number of ether oxygens (including phenoxy) is 1. The van der Waals surface area contributed by atoms with Gasteiger partial charge in [0.2, 0.25) is 5.78 Å². The van der Waals surface area contributed by atoms with Gasteiger partial charge in [0, 0.05) is 6.07 Å². The summed E-state index contributed by atoms with van der Waals surface area (Å²) >= 11 is 0. The zero-order valence-corrected chi connectivity index (χ0v) is 8.85. The van der Waals surface area contributed by atoms with E-state index in [2.05, 4.69) is 15.2 Å². The summed E-state index contributed by atoms with van der Waals surface area (Å²) in [7, 11) is 0. The molecule has 0 saturated carbocycles. The number of aromatic amines is 1. The highest BCUT2D eigenvalue weighted by atomic mass is 16.5. The minimum absolute atomic E-state index is 0.0181. The van der Waals surface area contributed by atoms with Gasteiger partial charge < -0.3 is 4.74 Å². The number of aromatic nitrogens is 4. The Hall–Kier alpha value is -2.18. The fraction of sp³-hybridized carbons (Fsp3) is 0.333. The average Bonchev–Trinajstić information content (AvgIpc) is 2.61. The molecule has 0 aliphatic carbocycles. The SMILES string of the molecule is CCOC(=O)c1cc(=O)n2c(C)n[nH]c2n1. The van der Waals surface area contributed by atoms with Crippen molar-refractivity contribution in [3.05, 3.63) is 27.9 Å². The molecule has 0 saturated heterocycles. The molecular formula is C9H10N4O3. The molecule has 2 heterocycles. The first-order valence-electron chi connectivity index (χ1n) is 4.75. The molecule has 0 radical (unpaired) electrons. The first-order valence-corrected chi connectivity index (χ1v) is 4.75. The van der Waals surface area contributed by atoms with Gasteiger partial charge in [0.1, 0.15) is 5.82 Å². The second-order valence-electron chi connectivity index (χ2n) is 3.13. The summed E-state index contributed by atoms with van der Waals surface area (Å²) in [4.78, 5) is 27.0. The van der Waals surface area contributed by atoms with E-state index in [1.807, 2.05) is 0 Å². The van der Waals surface area contributed by atoms with Crippen LogP contribution in [-0.2, 0) is 4.74 Å². The normalized spacial score (nSPS) is 10.6. The highest BCUT2D eigenvalue weighted by Crippen LogP contribution is 1.99. The highest BCUT2D eigenvalue weighted by Gasteiger charge is 2.13. The lowest BCUT2D eigenvalue weighted by Crippen LogP contribution is -2.19. The standard InChI is InChI=1S/C9H10N4O3/c1-3-16-8(15)6-4-7(14)13-5(2)11-12-9(13)10-6/h4H,3H2,1-2H3,(H,10,12). The molecule has 7 nitrogen and oxygen atoms in total. The Labute approximate surface area is 90.1 Å². The number of H-pyrrole nitrogens is 1. The molecule has 0 aliphatic heterocycles. The van der Waals surface area contributed by atoms with Crippen molar-refractivity contribution in [2.45, 2.75) is 13.8 Å². The molecule has 0 aliphatic rings. The topological polar surface area (TPSA) is 89.4 Å². The fourth-order valence-corrected chi connectivity index (χ4v) is 1.36. The molecule has 2 aromatic rings. The maximum absolute atomic E-state index is 11.6. The number of rotatable bonds is 2. The van der Waals surface area contributed by atoms with Gasteiger partial charge in [-0.3, -0.25) is 4.79 Å².